The summed E-state index contributed by atoms with van der Waals surface area (Å²) in [6, 6.07) is 10.1. The summed E-state index contributed by atoms with van der Waals surface area (Å²) in [4.78, 5) is 23.4. The fraction of sp³-hybridized carbons (Fsp3) is 0.593. The zero-order valence-corrected chi connectivity index (χ0v) is 19.5. The number of Topliss-reactive ketones (excluding diaryl/α,β-unsaturated/α-hetero) is 1. The van der Waals surface area contributed by atoms with E-state index in [9.17, 15) is 9.59 Å². The molecule has 0 amide bonds. The lowest BCUT2D eigenvalue weighted by molar-refractivity contribution is -0.141. The fourth-order valence-electron chi connectivity index (χ4n) is 3.57. The quantitative estimate of drug-likeness (QED) is 0.163. The highest BCUT2D eigenvalue weighted by Gasteiger charge is 2.31. The van der Waals surface area contributed by atoms with Gasteiger partial charge in [0.05, 0.1) is 6.61 Å². The van der Waals surface area contributed by atoms with Gasteiger partial charge in [0.1, 0.15) is 11.4 Å². The van der Waals surface area contributed by atoms with Gasteiger partial charge in [-0.25, -0.2) is 0 Å². The van der Waals surface area contributed by atoms with Gasteiger partial charge in [0.25, 0.3) is 6.47 Å². The van der Waals surface area contributed by atoms with Crippen LogP contribution in [0.5, 0.6) is 0 Å². The van der Waals surface area contributed by atoms with E-state index in [1.54, 1.807) is 12.8 Å². The van der Waals surface area contributed by atoms with E-state index >= 15 is 0 Å². The standard InChI is InChI=1S/C27H41O4/c1-3-5-11-19-27(31-24-28,20-12-6-4-2)21-14-18-26(29)17-10-13-22-30-23-25-15-8-7-9-16-25/h7-9,14-16,18,21,24H,3-6,10-13,17,19-20,22-23H2,1-2H3. The third kappa shape index (κ3) is 13.4. The molecule has 0 N–H and O–H groups in total. The number of carbonyl (C=O) groups is 2. The van der Waals surface area contributed by atoms with E-state index in [-0.39, 0.29) is 5.78 Å². The van der Waals surface area contributed by atoms with Crippen LogP contribution in [0, 0.1) is 19.3 Å². The molecule has 0 unspecified atom stereocenters. The van der Waals surface area contributed by atoms with Crippen LogP contribution in [-0.2, 0) is 25.7 Å². The lowest BCUT2D eigenvalue weighted by Gasteiger charge is -2.32. The SMILES string of the molecule is CCCCCC([CH][CH][CH]C(=O)CCCCOCc1ccccc1)(CCCCC)OC=O. The summed E-state index contributed by atoms with van der Waals surface area (Å²) in [7, 11) is 0. The molecular formula is C27H41O4. The van der Waals surface area contributed by atoms with Crippen molar-refractivity contribution in [2.24, 2.45) is 0 Å². The van der Waals surface area contributed by atoms with Gasteiger partial charge in [0.2, 0.25) is 0 Å². The largest absolute Gasteiger partial charge is 0.461 e. The van der Waals surface area contributed by atoms with E-state index < -0.39 is 5.60 Å². The van der Waals surface area contributed by atoms with Gasteiger partial charge in [-0.05, 0) is 50.5 Å². The normalized spacial score (nSPS) is 11.4. The predicted molar refractivity (Wildman–Crippen MR) is 126 cm³/mol. The lowest BCUT2D eigenvalue weighted by atomic mass is 9.85. The Hall–Kier alpha value is -1.68. The Bertz CT molecular complexity index is 560. The van der Waals surface area contributed by atoms with E-state index in [0.29, 0.717) is 26.1 Å². The number of carbonyl (C=O) groups excluding carboxylic acids is 2. The van der Waals surface area contributed by atoms with E-state index in [1.807, 2.05) is 36.8 Å². The second kappa shape index (κ2) is 17.9. The average Bonchev–Trinajstić information content (AvgIpc) is 2.77. The third-order valence-electron chi connectivity index (χ3n) is 5.45. The van der Waals surface area contributed by atoms with Gasteiger partial charge < -0.3 is 9.47 Å². The second-order valence-electron chi connectivity index (χ2n) is 8.18. The highest BCUT2D eigenvalue weighted by atomic mass is 16.5. The maximum atomic E-state index is 12.2. The van der Waals surface area contributed by atoms with Gasteiger partial charge in [0, 0.05) is 25.9 Å². The summed E-state index contributed by atoms with van der Waals surface area (Å²) in [6.45, 7) is 6.14. The summed E-state index contributed by atoms with van der Waals surface area (Å²) in [5.74, 6) is 0.0985. The van der Waals surface area contributed by atoms with Crippen LogP contribution in [0.2, 0.25) is 0 Å². The van der Waals surface area contributed by atoms with Crippen molar-refractivity contribution in [1.82, 2.24) is 0 Å². The van der Waals surface area contributed by atoms with Crippen LogP contribution in [0.4, 0.5) is 0 Å². The van der Waals surface area contributed by atoms with Crippen LogP contribution in [0.1, 0.15) is 90.0 Å². The monoisotopic (exact) mass is 429 g/mol. The van der Waals surface area contributed by atoms with Crippen LogP contribution in [0.15, 0.2) is 30.3 Å². The Balaban J connectivity index is 2.27. The van der Waals surface area contributed by atoms with Crippen LogP contribution in [0.25, 0.3) is 0 Å². The minimum absolute atomic E-state index is 0.0985. The lowest BCUT2D eigenvalue weighted by Crippen LogP contribution is -2.33. The molecule has 0 bridgehead atoms. The highest BCUT2D eigenvalue weighted by Crippen LogP contribution is 2.30. The van der Waals surface area contributed by atoms with Crippen LogP contribution in [-0.4, -0.2) is 24.5 Å². The number of unbranched alkanes of at least 4 members (excludes halogenated alkanes) is 5. The van der Waals surface area contributed by atoms with Crippen molar-refractivity contribution in [3.63, 3.8) is 0 Å². The first-order valence-electron chi connectivity index (χ1n) is 11.9. The van der Waals surface area contributed by atoms with Gasteiger partial charge in [-0.2, -0.15) is 0 Å². The first-order chi connectivity index (χ1) is 15.2. The Morgan fingerprint density at radius 2 is 1.61 bits per heavy atom. The topological polar surface area (TPSA) is 52.6 Å². The fourth-order valence-corrected chi connectivity index (χ4v) is 3.57. The van der Waals surface area contributed by atoms with Gasteiger partial charge in [-0.15, -0.1) is 0 Å². The molecule has 4 heteroatoms. The summed E-state index contributed by atoms with van der Waals surface area (Å²) in [5.41, 5.74) is 0.574. The molecular weight excluding hydrogens is 388 g/mol. The van der Waals surface area contributed by atoms with E-state index in [0.717, 1.165) is 69.8 Å². The minimum atomic E-state index is -0.589. The van der Waals surface area contributed by atoms with Crippen molar-refractivity contribution in [1.29, 1.82) is 0 Å². The Morgan fingerprint density at radius 3 is 2.23 bits per heavy atom. The number of hydrogen-bond donors (Lipinski definition) is 0. The molecule has 1 aromatic rings. The molecule has 0 saturated carbocycles. The number of ether oxygens (including phenoxy) is 2. The molecule has 0 spiro atoms. The molecule has 0 aliphatic rings. The van der Waals surface area contributed by atoms with Gasteiger partial charge in [0.15, 0.2) is 0 Å². The zero-order chi connectivity index (χ0) is 22.6. The van der Waals surface area contributed by atoms with Crippen molar-refractivity contribution in [2.45, 2.75) is 96.7 Å². The number of rotatable bonds is 21. The first kappa shape index (κ1) is 27.4. The number of benzene rings is 1. The second-order valence-corrected chi connectivity index (χ2v) is 8.18. The van der Waals surface area contributed by atoms with Crippen LogP contribution < -0.4 is 0 Å². The zero-order valence-electron chi connectivity index (χ0n) is 19.5. The highest BCUT2D eigenvalue weighted by molar-refractivity contribution is 5.88. The number of ketones is 1. The summed E-state index contributed by atoms with van der Waals surface area (Å²) in [6.07, 6.45) is 15.6. The van der Waals surface area contributed by atoms with Crippen molar-refractivity contribution < 1.29 is 19.1 Å². The van der Waals surface area contributed by atoms with Gasteiger partial charge in [-0.3, -0.25) is 9.59 Å². The molecule has 0 aromatic heterocycles. The van der Waals surface area contributed by atoms with Crippen molar-refractivity contribution in [3.8, 4) is 0 Å². The van der Waals surface area contributed by atoms with Crippen molar-refractivity contribution in [2.75, 3.05) is 6.61 Å². The Labute approximate surface area is 190 Å². The molecule has 31 heavy (non-hydrogen) atoms. The Kier molecular flexibility index (Phi) is 15.8. The molecule has 173 valence electrons. The maximum absolute atomic E-state index is 12.2. The molecule has 1 rings (SSSR count). The van der Waals surface area contributed by atoms with Crippen LogP contribution >= 0.6 is 0 Å². The van der Waals surface area contributed by atoms with Crippen LogP contribution in [0.3, 0.4) is 0 Å². The summed E-state index contributed by atoms with van der Waals surface area (Å²) in [5, 5.41) is 0. The van der Waals surface area contributed by atoms with E-state index in [4.69, 9.17) is 9.47 Å². The smallest absolute Gasteiger partial charge is 0.293 e. The molecule has 0 fully saturated rings. The Morgan fingerprint density at radius 1 is 0.935 bits per heavy atom. The summed E-state index contributed by atoms with van der Waals surface area (Å²) < 4.78 is 11.2. The van der Waals surface area contributed by atoms with E-state index in [2.05, 4.69) is 13.8 Å². The van der Waals surface area contributed by atoms with E-state index in [1.165, 1.54) is 0 Å². The first-order valence-corrected chi connectivity index (χ1v) is 11.9. The molecule has 0 aliphatic carbocycles. The number of hydrogen-bond acceptors (Lipinski definition) is 4. The molecule has 0 saturated heterocycles. The molecule has 1 aromatic carbocycles. The maximum Gasteiger partial charge on any atom is 0.293 e. The van der Waals surface area contributed by atoms with Crippen molar-refractivity contribution in [3.05, 3.63) is 55.2 Å². The predicted octanol–water partition coefficient (Wildman–Crippen LogP) is 6.63. The molecule has 3 radical (unpaired) electrons. The van der Waals surface area contributed by atoms with Gasteiger partial charge in [-0.1, -0.05) is 69.9 Å². The van der Waals surface area contributed by atoms with Crippen molar-refractivity contribution >= 4 is 12.3 Å². The molecule has 0 heterocycles. The summed E-state index contributed by atoms with van der Waals surface area (Å²) >= 11 is 0. The third-order valence-corrected chi connectivity index (χ3v) is 5.45. The molecule has 0 atom stereocenters. The van der Waals surface area contributed by atoms with Gasteiger partial charge >= 0.3 is 0 Å². The molecule has 0 aliphatic heterocycles. The minimum Gasteiger partial charge on any atom is -0.461 e. The molecule has 4 nitrogen and oxygen atoms in total. The average molecular weight is 430 g/mol.